The van der Waals surface area contributed by atoms with E-state index in [2.05, 4.69) is 47.9 Å². The Hall–Kier alpha value is -1.26. The normalized spacial score (nSPS) is 17.1. The molecule has 1 unspecified atom stereocenters. The lowest BCUT2D eigenvalue weighted by molar-refractivity contribution is 0.674. The maximum Gasteiger partial charge on any atom is 0.195 e. The molecule has 0 amide bonds. The average molecular weight is 347 g/mol. The van der Waals surface area contributed by atoms with E-state index < -0.39 is 0 Å². The molecule has 1 aliphatic rings. The van der Waals surface area contributed by atoms with Crippen LogP contribution < -0.4 is 0 Å². The highest BCUT2D eigenvalue weighted by atomic mass is 32.2. The van der Waals surface area contributed by atoms with E-state index in [9.17, 15) is 0 Å². The van der Waals surface area contributed by atoms with Crippen LogP contribution in [0.4, 0.5) is 0 Å². The Bertz CT molecular complexity index is 783. The highest BCUT2D eigenvalue weighted by molar-refractivity contribution is 8.08. The number of nitrogens with zero attached hydrogens (tertiary/aromatic N) is 2. The monoisotopic (exact) mass is 346 g/mol. The molecule has 0 bridgehead atoms. The van der Waals surface area contributed by atoms with Crippen molar-refractivity contribution in [3.05, 3.63) is 42.2 Å². The largest absolute Gasteiger partial charge is 0.290 e. The summed E-state index contributed by atoms with van der Waals surface area (Å²) in [5.74, 6) is 2.00. The number of imidazole rings is 1. The second-order valence-electron chi connectivity index (χ2n) is 5.07. The fourth-order valence-corrected chi connectivity index (χ4v) is 4.48. The topological polar surface area (TPSA) is 17.3 Å². The molecule has 0 fully saturated rings. The minimum absolute atomic E-state index is 0.790. The molecule has 3 aromatic rings. The zero-order valence-corrected chi connectivity index (χ0v) is 16.3. The van der Waals surface area contributed by atoms with E-state index in [1.165, 1.54) is 27.3 Å². The van der Waals surface area contributed by atoms with Gasteiger partial charge in [-0.25, -0.2) is 4.98 Å². The number of thioether (sulfide) groups is 1. The van der Waals surface area contributed by atoms with Crippen molar-refractivity contribution in [2.45, 2.75) is 41.0 Å². The molecule has 0 saturated heterocycles. The standard InChI is InChI=1S/C15H14N2S2.2C2H6/c1-10-6-7-13(18-9-10)11-8-17-12-4-2-3-5-14(12)19-15(17)16-11;2*1-2/h2-5,7-8,10H,6,9H2,1H3;2*1-2H3. The zero-order valence-electron chi connectivity index (χ0n) is 14.7. The van der Waals surface area contributed by atoms with E-state index in [1.54, 1.807) is 11.3 Å². The zero-order chi connectivity index (χ0) is 16.8. The van der Waals surface area contributed by atoms with Crippen molar-refractivity contribution in [3.63, 3.8) is 0 Å². The van der Waals surface area contributed by atoms with Crippen molar-refractivity contribution in [1.29, 1.82) is 0 Å². The van der Waals surface area contributed by atoms with Crippen LogP contribution in [0.25, 0.3) is 20.1 Å². The van der Waals surface area contributed by atoms with Crippen LogP contribution >= 0.6 is 23.1 Å². The van der Waals surface area contributed by atoms with Gasteiger partial charge < -0.3 is 0 Å². The van der Waals surface area contributed by atoms with Crippen LogP contribution in [0.1, 0.15) is 46.7 Å². The molecule has 0 aliphatic carbocycles. The van der Waals surface area contributed by atoms with Gasteiger partial charge in [-0.05, 0) is 24.5 Å². The summed E-state index contributed by atoms with van der Waals surface area (Å²) in [6.07, 6.45) is 5.70. The molecule has 0 N–H and O–H groups in total. The van der Waals surface area contributed by atoms with Crippen LogP contribution in [0.15, 0.2) is 36.5 Å². The number of rotatable bonds is 1. The van der Waals surface area contributed by atoms with Crippen LogP contribution in [-0.4, -0.2) is 15.1 Å². The van der Waals surface area contributed by atoms with E-state index in [0.717, 1.165) is 16.6 Å². The molecule has 4 heteroatoms. The summed E-state index contributed by atoms with van der Waals surface area (Å²) in [7, 11) is 0. The number of benzene rings is 1. The number of aromatic nitrogens is 2. The number of allylic oxidation sites excluding steroid dienone is 1. The lowest BCUT2D eigenvalue weighted by atomic mass is 10.1. The van der Waals surface area contributed by atoms with Crippen LogP contribution in [0, 0.1) is 5.92 Å². The summed E-state index contributed by atoms with van der Waals surface area (Å²) >= 11 is 3.70. The van der Waals surface area contributed by atoms with Gasteiger partial charge in [0.15, 0.2) is 4.96 Å². The molecule has 1 aliphatic heterocycles. The van der Waals surface area contributed by atoms with Crippen LogP contribution in [0.3, 0.4) is 0 Å². The summed E-state index contributed by atoms with van der Waals surface area (Å²) in [5.41, 5.74) is 2.39. The van der Waals surface area contributed by atoms with Crippen LogP contribution in [0.5, 0.6) is 0 Å². The minimum atomic E-state index is 0.790. The van der Waals surface area contributed by atoms with E-state index in [0.29, 0.717) is 0 Å². The average Bonchev–Trinajstić information content (AvgIpc) is 3.17. The summed E-state index contributed by atoms with van der Waals surface area (Å²) in [6, 6.07) is 8.49. The molecule has 0 spiro atoms. The lowest BCUT2D eigenvalue weighted by Gasteiger charge is -2.15. The number of para-hydroxylation sites is 1. The van der Waals surface area contributed by atoms with Gasteiger partial charge in [0.2, 0.25) is 0 Å². The van der Waals surface area contributed by atoms with Crippen molar-refractivity contribution in [1.82, 2.24) is 9.38 Å². The van der Waals surface area contributed by atoms with Gasteiger partial charge in [-0.2, -0.15) is 0 Å². The van der Waals surface area contributed by atoms with Gasteiger partial charge in [-0.3, -0.25) is 4.40 Å². The fourth-order valence-electron chi connectivity index (χ4n) is 2.41. The van der Waals surface area contributed by atoms with Crippen molar-refractivity contribution in [2.24, 2.45) is 5.92 Å². The molecular weight excluding hydrogens is 320 g/mol. The third kappa shape index (κ3) is 3.81. The highest BCUT2D eigenvalue weighted by Gasteiger charge is 2.16. The van der Waals surface area contributed by atoms with E-state index >= 15 is 0 Å². The third-order valence-corrected chi connectivity index (χ3v) is 5.94. The Labute approximate surface area is 147 Å². The Morgan fingerprint density at radius 3 is 2.57 bits per heavy atom. The Balaban J connectivity index is 0.000000448. The molecule has 1 atom stereocenters. The summed E-state index contributed by atoms with van der Waals surface area (Å²) in [4.78, 5) is 7.23. The maximum absolute atomic E-state index is 4.79. The third-order valence-electron chi connectivity index (χ3n) is 3.48. The van der Waals surface area contributed by atoms with Gasteiger partial charge in [0.25, 0.3) is 0 Å². The van der Waals surface area contributed by atoms with Gasteiger partial charge >= 0.3 is 0 Å². The Morgan fingerprint density at radius 2 is 1.87 bits per heavy atom. The molecule has 3 heterocycles. The molecule has 0 saturated carbocycles. The van der Waals surface area contributed by atoms with Crippen molar-refractivity contribution < 1.29 is 0 Å². The van der Waals surface area contributed by atoms with Crippen molar-refractivity contribution in [2.75, 3.05) is 5.75 Å². The van der Waals surface area contributed by atoms with E-state index in [1.807, 2.05) is 39.5 Å². The number of fused-ring (bicyclic) bond motifs is 3. The Morgan fingerprint density at radius 1 is 1.13 bits per heavy atom. The first-order valence-electron chi connectivity index (χ1n) is 8.51. The first-order chi connectivity index (χ1) is 11.3. The number of hydrogen-bond donors (Lipinski definition) is 0. The molecule has 2 aromatic heterocycles. The van der Waals surface area contributed by atoms with Crippen molar-refractivity contribution >= 4 is 43.2 Å². The van der Waals surface area contributed by atoms with Crippen LogP contribution in [0.2, 0.25) is 0 Å². The number of hydrogen-bond acceptors (Lipinski definition) is 3. The SMILES string of the molecule is CC.CC.CC1CC=C(c2cn3c(n2)sc2ccccc23)SC1. The van der Waals surface area contributed by atoms with Gasteiger partial charge in [-0.15, -0.1) is 11.8 Å². The summed E-state index contributed by atoms with van der Waals surface area (Å²) in [5, 5.41) is 0. The van der Waals surface area contributed by atoms with Crippen molar-refractivity contribution in [3.8, 4) is 0 Å². The molecule has 0 radical (unpaired) electrons. The molecule has 4 rings (SSSR count). The Kier molecular flexibility index (Phi) is 6.72. The summed E-state index contributed by atoms with van der Waals surface area (Å²) < 4.78 is 3.52. The molecular formula is C19H26N2S2. The molecule has 2 nitrogen and oxygen atoms in total. The van der Waals surface area contributed by atoms with E-state index in [-0.39, 0.29) is 0 Å². The maximum atomic E-state index is 4.79. The summed E-state index contributed by atoms with van der Waals surface area (Å²) in [6.45, 7) is 10.3. The first-order valence-corrected chi connectivity index (χ1v) is 10.3. The second-order valence-corrected chi connectivity index (χ2v) is 7.14. The predicted molar refractivity (Wildman–Crippen MR) is 107 cm³/mol. The first kappa shape index (κ1) is 18.1. The second kappa shape index (κ2) is 8.55. The minimum Gasteiger partial charge on any atom is -0.290 e. The highest BCUT2D eigenvalue weighted by Crippen LogP contribution is 2.36. The van der Waals surface area contributed by atoms with Gasteiger partial charge in [0, 0.05) is 16.9 Å². The molecule has 1 aromatic carbocycles. The molecule has 23 heavy (non-hydrogen) atoms. The van der Waals surface area contributed by atoms with Gasteiger partial charge in [-0.1, -0.05) is 64.2 Å². The quantitative estimate of drug-likeness (QED) is 0.487. The van der Waals surface area contributed by atoms with Gasteiger partial charge in [0.05, 0.1) is 15.9 Å². The van der Waals surface area contributed by atoms with Gasteiger partial charge in [0.1, 0.15) is 0 Å². The smallest absolute Gasteiger partial charge is 0.195 e. The molecule has 124 valence electrons. The number of thiazole rings is 1. The van der Waals surface area contributed by atoms with E-state index in [4.69, 9.17) is 4.98 Å². The predicted octanol–water partition coefficient (Wildman–Crippen LogP) is 6.72. The lowest BCUT2D eigenvalue weighted by Crippen LogP contribution is -2.01. The van der Waals surface area contributed by atoms with Crippen LogP contribution in [-0.2, 0) is 0 Å². The fraction of sp³-hybridized carbons (Fsp3) is 0.421.